The van der Waals surface area contributed by atoms with Crippen LogP contribution in [0.15, 0.2) is 42.6 Å². The molecule has 0 spiro atoms. The highest BCUT2D eigenvalue weighted by atomic mass is 16.5. The summed E-state index contributed by atoms with van der Waals surface area (Å²) in [7, 11) is 1.47. The van der Waals surface area contributed by atoms with Gasteiger partial charge >= 0.3 is 0 Å². The lowest BCUT2D eigenvalue weighted by molar-refractivity contribution is 0.102. The highest BCUT2D eigenvalue weighted by molar-refractivity contribution is 6.05. The van der Waals surface area contributed by atoms with Crippen LogP contribution >= 0.6 is 0 Å². The molecule has 3 N–H and O–H groups in total. The van der Waals surface area contributed by atoms with E-state index in [-0.39, 0.29) is 5.91 Å². The molecule has 0 bridgehead atoms. The molecule has 0 fully saturated rings. The van der Waals surface area contributed by atoms with Crippen LogP contribution in [-0.4, -0.2) is 18.0 Å². The van der Waals surface area contributed by atoms with E-state index in [1.807, 2.05) is 0 Å². The van der Waals surface area contributed by atoms with E-state index in [0.717, 1.165) is 0 Å². The highest BCUT2D eigenvalue weighted by Gasteiger charge is 2.12. The van der Waals surface area contributed by atoms with Crippen LogP contribution in [0.4, 0.5) is 11.4 Å². The molecule has 0 aliphatic rings. The fraction of sp³-hybridized carbons (Fsp3) is 0.0769. The Bertz CT molecular complexity index is 570. The molecule has 0 aliphatic carbocycles. The minimum absolute atomic E-state index is 0.287. The number of amides is 1. The molecule has 1 aromatic heterocycles. The smallest absolute Gasteiger partial charge is 0.261 e. The van der Waals surface area contributed by atoms with Crippen LogP contribution in [0.25, 0.3) is 0 Å². The first-order valence-electron chi connectivity index (χ1n) is 5.36. The van der Waals surface area contributed by atoms with E-state index in [1.54, 1.807) is 42.6 Å². The van der Waals surface area contributed by atoms with Crippen LogP contribution in [0, 0.1) is 0 Å². The fourth-order valence-electron chi connectivity index (χ4n) is 1.54. The Labute approximate surface area is 105 Å². The van der Waals surface area contributed by atoms with E-state index in [4.69, 9.17) is 10.5 Å². The Morgan fingerprint density at radius 1 is 1.33 bits per heavy atom. The van der Waals surface area contributed by atoms with Gasteiger partial charge in [0.05, 0.1) is 7.11 Å². The summed E-state index contributed by atoms with van der Waals surface area (Å²) in [5.41, 5.74) is 7.24. The SMILES string of the molecule is COc1ncccc1C(=O)Nc1cccc(N)c1. The number of ether oxygens (including phenoxy) is 1. The predicted octanol–water partition coefficient (Wildman–Crippen LogP) is 1.92. The fourth-order valence-corrected chi connectivity index (χ4v) is 1.54. The minimum Gasteiger partial charge on any atom is -0.480 e. The molecule has 0 radical (unpaired) electrons. The van der Waals surface area contributed by atoms with Gasteiger partial charge in [-0.2, -0.15) is 0 Å². The van der Waals surface area contributed by atoms with Crippen LogP contribution in [0.2, 0.25) is 0 Å². The third-order valence-electron chi connectivity index (χ3n) is 2.35. The number of benzene rings is 1. The quantitative estimate of drug-likeness (QED) is 0.807. The molecule has 0 aliphatic heterocycles. The third-order valence-corrected chi connectivity index (χ3v) is 2.35. The number of aromatic nitrogens is 1. The van der Waals surface area contributed by atoms with Crippen molar-refractivity contribution in [3.8, 4) is 5.88 Å². The maximum absolute atomic E-state index is 12.0. The van der Waals surface area contributed by atoms with Gasteiger partial charge in [0, 0.05) is 17.6 Å². The van der Waals surface area contributed by atoms with E-state index < -0.39 is 0 Å². The number of carbonyl (C=O) groups is 1. The number of rotatable bonds is 3. The molecule has 0 saturated carbocycles. The lowest BCUT2D eigenvalue weighted by atomic mass is 10.2. The summed E-state index contributed by atoms with van der Waals surface area (Å²) in [6.45, 7) is 0. The molecule has 1 amide bonds. The molecule has 1 heterocycles. The van der Waals surface area contributed by atoms with Crippen molar-refractivity contribution < 1.29 is 9.53 Å². The number of hydrogen-bond donors (Lipinski definition) is 2. The Morgan fingerprint density at radius 3 is 2.89 bits per heavy atom. The van der Waals surface area contributed by atoms with Gasteiger partial charge in [-0.1, -0.05) is 6.07 Å². The Morgan fingerprint density at radius 2 is 2.17 bits per heavy atom. The first-order valence-corrected chi connectivity index (χ1v) is 5.36. The number of nitrogens with two attached hydrogens (primary N) is 1. The van der Waals surface area contributed by atoms with Crippen LogP contribution in [-0.2, 0) is 0 Å². The van der Waals surface area contributed by atoms with Gasteiger partial charge in [-0.05, 0) is 30.3 Å². The van der Waals surface area contributed by atoms with Crippen molar-refractivity contribution in [2.24, 2.45) is 0 Å². The van der Waals surface area contributed by atoms with Gasteiger partial charge in [0.1, 0.15) is 5.56 Å². The zero-order valence-corrected chi connectivity index (χ0v) is 9.88. The zero-order valence-electron chi connectivity index (χ0n) is 9.88. The normalized spacial score (nSPS) is 9.83. The molecule has 18 heavy (non-hydrogen) atoms. The number of methoxy groups -OCH3 is 1. The molecule has 0 atom stereocenters. The molecule has 0 unspecified atom stereocenters. The third kappa shape index (κ3) is 2.57. The largest absolute Gasteiger partial charge is 0.480 e. The van der Waals surface area contributed by atoms with Crippen molar-refractivity contribution in [2.75, 3.05) is 18.2 Å². The number of pyridine rings is 1. The van der Waals surface area contributed by atoms with Crippen molar-refractivity contribution in [3.05, 3.63) is 48.2 Å². The summed E-state index contributed by atoms with van der Waals surface area (Å²) >= 11 is 0. The van der Waals surface area contributed by atoms with Gasteiger partial charge in [0.15, 0.2) is 0 Å². The van der Waals surface area contributed by atoms with Gasteiger partial charge in [-0.15, -0.1) is 0 Å². The first kappa shape index (κ1) is 11.9. The maximum Gasteiger partial charge on any atom is 0.261 e. The van der Waals surface area contributed by atoms with Crippen LogP contribution in [0.5, 0.6) is 5.88 Å². The minimum atomic E-state index is -0.287. The monoisotopic (exact) mass is 243 g/mol. The molecule has 0 saturated heterocycles. The summed E-state index contributed by atoms with van der Waals surface area (Å²) in [5, 5.41) is 2.73. The van der Waals surface area contributed by atoms with Gasteiger partial charge in [-0.3, -0.25) is 4.79 Å². The maximum atomic E-state index is 12.0. The molecule has 2 rings (SSSR count). The first-order chi connectivity index (χ1) is 8.70. The summed E-state index contributed by atoms with van der Waals surface area (Å²) < 4.78 is 5.03. The summed E-state index contributed by atoms with van der Waals surface area (Å²) in [6, 6.07) is 10.3. The average Bonchev–Trinajstić information content (AvgIpc) is 2.38. The van der Waals surface area contributed by atoms with E-state index in [2.05, 4.69) is 10.3 Å². The van der Waals surface area contributed by atoms with Crippen LogP contribution < -0.4 is 15.8 Å². The van der Waals surface area contributed by atoms with Crippen molar-refractivity contribution in [3.63, 3.8) is 0 Å². The summed E-state index contributed by atoms with van der Waals surface area (Å²) in [6.07, 6.45) is 1.57. The number of anilines is 2. The summed E-state index contributed by atoms with van der Waals surface area (Å²) in [5.74, 6) is 0.00412. The van der Waals surface area contributed by atoms with E-state index in [9.17, 15) is 4.79 Å². The second-order valence-corrected chi connectivity index (χ2v) is 3.64. The van der Waals surface area contributed by atoms with Gasteiger partial charge in [0.25, 0.3) is 5.91 Å². The second kappa shape index (κ2) is 5.18. The topological polar surface area (TPSA) is 77.2 Å². The molecule has 1 aromatic carbocycles. The Balaban J connectivity index is 2.22. The second-order valence-electron chi connectivity index (χ2n) is 3.64. The Hall–Kier alpha value is -2.56. The van der Waals surface area contributed by atoms with E-state index in [0.29, 0.717) is 22.8 Å². The average molecular weight is 243 g/mol. The van der Waals surface area contributed by atoms with Crippen molar-refractivity contribution >= 4 is 17.3 Å². The van der Waals surface area contributed by atoms with Gasteiger partial charge < -0.3 is 15.8 Å². The molecule has 92 valence electrons. The van der Waals surface area contributed by atoms with E-state index in [1.165, 1.54) is 7.11 Å². The molecular formula is C13H13N3O2. The van der Waals surface area contributed by atoms with Crippen LogP contribution in [0.3, 0.4) is 0 Å². The van der Waals surface area contributed by atoms with Gasteiger partial charge in [0.2, 0.25) is 5.88 Å². The van der Waals surface area contributed by atoms with Crippen molar-refractivity contribution in [1.29, 1.82) is 0 Å². The molecule has 5 nitrogen and oxygen atoms in total. The highest BCUT2D eigenvalue weighted by Crippen LogP contribution is 2.17. The zero-order chi connectivity index (χ0) is 13.0. The molecule has 5 heteroatoms. The van der Waals surface area contributed by atoms with Crippen LogP contribution in [0.1, 0.15) is 10.4 Å². The lowest BCUT2D eigenvalue weighted by Crippen LogP contribution is -2.13. The number of nitrogens with zero attached hydrogens (tertiary/aromatic N) is 1. The van der Waals surface area contributed by atoms with Gasteiger partial charge in [-0.25, -0.2) is 4.98 Å². The lowest BCUT2D eigenvalue weighted by Gasteiger charge is -2.08. The standard InChI is InChI=1S/C13H13N3O2/c1-18-13-11(6-3-7-15-13)12(17)16-10-5-2-4-9(14)8-10/h2-8H,14H2,1H3,(H,16,17). The molecular weight excluding hydrogens is 230 g/mol. The molecule has 2 aromatic rings. The number of nitrogen functional groups attached to an aromatic ring is 1. The number of hydrogen-bond acceptors (Lipinski definition) is 4. The number of carbonyl (C=O) groups excluding carboxylic acids is 1. The Kier molecular flexibility index (Phi) is 3.43. The van der Waals surface area contributed by atoms with E-state index >= 15 is 0 Å². The van der Waals surface area contributed by atoms with Crippen molar-refractivity contribution in [2.45, 2.75) is 0 Å². The predicted molar refractivity (Wildman–Crippen MR) is 69.6 cm³/mol. The number of nitrogens with one attached hydrogen (secondary N) is 1. The van der Waals surface area contributed by atoms with Crippen molar-refractivity contribution in [1.82, 2.24) is 4.98 Å². The summed E-state index contributed by atoms with van der Waals surface area (Å²) in [4.78, 5) is 16.0.